The summed E-state index contributed by atoms with van der Waals surface area (Å²) >= 11 is 0. The number of likely N-dealkylation sites (tertiary alicyclic amines) is 1. The topological polar surface area (TPSA) is 69.7 Å². The van der Waals surface area contributed by atoms with Crippen LogP contribution in [0.2, 0.25) is 0 Å². The highest BCUT2D eigenvalue weighted by Crippen LogP contribution is 2.26. The van der Waals surface area contributed by atoms with Crippen molar-refractivity contribution in [1.29, 1.82) is 0 Å². The summed E-state index contributed by atoms with van der Waals surface area (Å²) < 4.78 is 26.1. The highest BCUT2D eigenvalue weighted by atomic mass is 32.2. The quantitative estimate of drug-likeness (QED) is 0.770. The van der Waals surface area contributed by atoms with Crippen molar-refractivity contribution in [1.82, 2.24) is 10.2 Å². The Labute approximate surface area is 164 Å². The minimum Gasteiger partial charge on any atom is -0.353 e. The molecule has 152 valence electrons. The lowest BCUT2D eigenvalue weighted by Gasteiger charge is -2.30. The molecule has 1 atom stereocenters. The first-order valence-corrected chi connectivity index (χ1v) is 11.6. The van der Waals surface area contributed by atoms with Crippen molar-refractivity contribution in [3.05, 3.63) is 29.3 Å². The molecule has 0 bridgehead atoms. The van der Waals surface area contributed by atoms with Crippen LogP contribution in [0.1, 0.15) is 43.7 Å². The van der Waals surface area contributed by atoms with Gasteiger partial charge in [0.05, 0.1) is 11.9 Å². The number of anilines is 1. The summed E-state index contributed by atoms with van der Waals surface area (Å²) in [5, 5.41) is 2.92. The number of carbonyl (C=O) groups is 1. The number of sulfonamides is 1. The number of hydrogen-bond acceptors (Lipinski definition) is 4. The summed E-state index contributed by atoms with van der Waals surface area (Å²) in [6.45, 7) is 8.90. The molecule has 0 aromatic heterocycles. The zero-order chi connectivity index (χ0) is 20.0. The van der Waals surface area contributed by atoms with Crippen LogP contribution in [0.4, 0.5) is 5.69 Å². The number of nitrogens with zero attached hydrogens (tertiary/aromatic N) is 2. The first-order valence-electron chi connectivity index (χ1n) is 9.77. The molecule has 0 spiro atoms. The molecule has 6 nitrogen and oxygen atoms in total. The zero-order valence-corrected chi connectivity index (χ0v) is 17.8. The molecule has 1 aromatic carbocycles. The molecule has 2 rings (SSSR count). The molecule has 1 aliphatic heterocycles. The molecule has 1 fully saturated rings. The maximum absolute atomic E-state index is 12.7. The van der Waals surface area contributed by atoms with E-state index in [2.05, 4.69) is 10.2 Å². The van der Waals surface area contributed by atoms with Crippen LogP contribution in [0, 0.1) is 13.8 Å². The third kappa shape index (κ3) is 6.21. The maximum Gasteiger partial charge on any atom is 0.243 e. The maximum atomic E-state index is 12.7. The Hall–Kier alpha value is -1.60. The number of carbonyl (C=O) groups excluding carboxylic acids is 1. The van der Waals surface area contributed by atoms with Gasteiger partial charge in [0.25, 0.3) is 0 Å². The fourth-order valence-electron chi connectivity index (χ4n) is 3.58. The van der Waals surface area contributed by atoms with Crippen molar-refractivity contribution >= 4 is 21.6 Å². The molecular formula is C20H33N3O3S. The lowest BCUT2D eigenvalue weighted by molar-refractivity contribution is -0.121. The van der Waals surface area contributed by atoms with Gasteiger partial charge < -0.3 is 10.2 Å². The monoisotopic (exact) mass is 395 g/mol. The van der Waals surface area contributed by atoms with E-state index in [1.165, 1.54) is 30.0 Å². The van der Waals surface area contributed by atoms with E-state index in [4.69, 9.17) is 0 Å². The summed E-state index contributed by atoms with van der Waals surface area (Å²) in [5.74, 6) is -0.267. The Bertz CT molecular complexity index is 741. The fourth-order valence-corrected chi connectivity index (χ4v) is 4.81. The second kappa shape index (κ2) is 9.55. The van der Waals surface area contributed by atoms with Crippen molar-refractivity contribution < 1.29 is 13.2 Å². The highest BCUT2D eigenvalue weighted by Gasteiger charge is 2.30. The highest BCUT2D eigenvalue weighted by molar-refractivity contribution is 7.92. The van der Waals surface area contributed by atoms with Crippen LogP contribution in [-0.4, -0.2) is 57.7 Å². The molecule has 0 unspecified atom stereocenters. The van der Waals surface area contributed by atoms with Crippen LogP contribution >= 0.6 is 0 Å². The number of amides is 1. The van der Waals surface area contributed by atoms with E-state index in [-0.39, 0.29) is 5.91 Å². The molecule has 27 heavy (non-hydrogen) atoms. The Morgan fingerprint density at radius 3 is 2.41 bits per heavy atom. The SMILES string of the molecule is Cc1ccc(C)c(N([C@@H](C)C(=O)NCCN2CCCCCC2)S(C)(=O)=O)c1. The summed E-state index contributed by atoms with van der Waals surface area (Å²) in [4.78, 5) is 15.0. The van der Waals surface area contributed by atoms with E-state index in [1.54, 1.807) is 6.92 Å². The molecule has 1 aliphatic rings. The Morgan fingerprint density at radius 1 is 1.19 bits per heavy atom. The van der Waals surface area contributed by atoms with Gasteiger partial charge in [-0.15, -0.1) is 0 Å². The van der Waals surface area contributed by atoms with Gasteiger partial charge in [0.15, 0.2) is 0 Å². The Kier molecular flexibility index (Phi) is 7.68. The minimum absolute atomic E-state index is 0.267. The third-order valence-electron chi connectivity index (χ3n) is 5.12. The predicted octanol–water partition coefficient (Wildman–Crippen LogP) is 2.45. The van der Waals surface area contributed by atoms with E-state index in [1.807, 2.05) is 32.0 Å². The average molecular weight is 396 g/mol. The molecule has 1 amide bonds. The largest absolute Gasteiger partial charge is 0.353 e. The first-order chi connectivity index (χ1) is 12.7. The summed E-state index contributed by atoms with van der Waals surface area (Å²) in [6.07, 6.45) is 6.12. The second-order valence-corrected chi connectivity index (χ2v) is 9.43. The summed E-state index contributed by atoms with van der Waals surface area (Å²) in [7, 11) is -3.59. The van der Waals surface area contributed by atoms with Crippen LogP contribution in [-0.2, 0) is 14.8 Å². The van der Waals surface area contributed by atoms with Crippen LogP contribution in [0.3, 0.4) is 0 Å². The molecule has 0 saturated carbocycles. The van der Waals surface area contributed by atoms with Crippen LogP contribution in [0.25, 0.3) is 0 Å². The molecular weight excluding hydrogens is 362 g/mol. The fraction of sp³-hybridized carbons (Fsp3) is 0.650. The molecule has 1 heterocycles. The number of hydrogen-bond donors (Lipinski definition) is 1. The van der Waals surface area contributed by atoms with Crippen molar-refractivity contribution in [2.75, 3.05) is 36.7 Å². The van der Waals surface area contributed by atoms with Gasteiger partial charge >= 0.3 is 0 Å². The van der Waals surface area contributed by atoms with E-state index >= 15 is 0 Å². The van der Waals surface area contributed by atoms with Crippen molar-refractivity contribution in [2.24, 2.45) is 0 Å². The molecule has 1 N–H and O–H groups in total. The number of rotatable bonds is 7. The predicted molar refractivity (Wildman–Crippen MR) is 111 cm³/mol. The third-order valence-corrected chi connectivity index (χ3v) is 6.34. The number of aryl methyl sites for hydroxylation is 2. The van der Waals surface area contributed by atoms with Crippen LogP contribution < -0.4 is 9.62 Å². The van der Waals surface area contributed by atoms with Gasteiger partial charge in [-0.3, -0.25) is 9.10 Å². The zero-order valence-electron chi connectivity index (χ0n) is 17.0. The van der Waals surface area contributed by atoms with Gasteiger partial charge in [0.1, 0.15) is 6.04 Å². The minimum atomic E-state index is -3.59. The van der Waals surface area contributed by atoms with E-state index < -0.39 is 16.1 Å². The second-order valence-electron chi connectivity index (χ2n) is 7.57. The van der Waals surface area contributed by atoms with Gasteiger partial charge in [-0.2, -0.15) is 0 Å². The van der Waals surface area contributed by atoms with Gasteiger partial charge in [-0.1, -0.05) is 25.0 Å². The van der Waals surface area contributed by atoms with Crippen LogP contribution in [0.5, 0.6) is 0 Å². The summed E-state index contributed by atoms with van der Waals surface area (Å²) in [5.41, 5.74) is 2.35. The Morgan fingerprint density at radius 2 is 1.81 bits per heavy atom. The van der Waals surface area contributed by atoms with Gasteiger partial charge in [-0.25, -0.2) is 8.42 Å². The van der Waals surface area contributed by atoms with Crippen molar-refractivity contribution in [2.45, 2.75) is 52.5 Å². The van der Waals surface area contributed by atoms with Crippen molar-refractivity contribution in [3.8, 4) is 0 Å². The van der Waals surface area contributed by atoms with Crippen LogP contribution in [0.15, 0.2) is 18.2 Å². The van der Waals surface area contributed by atoms with E-state index in [9.17, 15) is 13.2 Å². The lowest BCUT2D eigenvalue weighted by atomic mass is 10.1. The number of benzene rings is 1. The lowest BCUT2D eigenvalue weighted by Crippen LogP contribution is -2.49. The number of nitrogens with one attached hydrogen (secondary N) is 1. The summed E-state index contributed by atoms with van der Waals surface area (Å²) in [6, 6.07) is 4.83. The molecule has 0 aliphatic carbocycles. The van der Waals surface area contributed by atoms with Crippen molar-refractivity contribution in [3.63, 3.8) is 0 Å². The van der Waals surface area contributed by atoms with E-state index in [0.29, 0.717) is 12.2 Å². The molecule has 1 saturated heterocycles. The molecule has 7 heteroatoms. The first kappa shape index (κ1) is 21.7. The van der Waals surface area contributed by atoms with Gasteiger partial charge in [0.2, 0.25) is 15.9 Å². The molecule has 1 aromatic rings. The smallest absolute Gasteiger partial charge is 0.243 e. The van der Waals surface area contributed by atoms with E-state index in [0.717, 1.165) is 37.0 Å². The van der Waals surface area contributed by atoms with Gasteiger partial charge in [-0.05, 0) is 63.9 Å². The normalized spacial score (nSPS) is 17.2. The average Bonchev–Trinajstić information content (AvgIpc) is 2.85. The van der Waals surface area contributed by atoms with Gasteiger partial charge in [0, 0.05) is 13.1 Å². The Balaban J connectivity index is 2.05. The molecule has 0 radical (unpaired) electrons. The standard InChI is InChI=1S/C20H33N3O3S/c1-16-9-10-17(2)19(15-16)23(27(4,25)26)18(3)20(24)21-11-14-22-12-7-5-6-8-13-22/h9-10,15,18H,5-8,11-14H2,1-4H3,(H,21,24)/t18-/m0/s1.